The Kier molecular flexibility index (Phi) is 13.1. The number of nitrogens with two attached hydrogens (primary N) is 1. The first-order valence-corrected chi connectivity index (χ1v) is 27.2. The maximum atomic E-state index is 17.5. The van der Waals surface area contributed by atoms with Crippen LogP contribution >= 0.6 is 0 Å². The maximum Gasteiger partial charge on any atom is 0.287 e. The van der Waals surface area contributed by atoms with E-state index in [-0.39, 0.29) is 47.5 Å². The summed E-state index contributed by atoms with van der Waals surface area (Å²) in [6, 6.07) is 13.4. The third-order valence-corrected chi connectivity index (χ3v) is 18.2. The van der Waals surface area contributed by atoms with E-state index in [1.807, 2.05) is 18.2 Å². The minimum absolute atomic E-state index is 0.0252. The van der Waals surface area contributed by atoms with Gasteiger partial charge >= 0.3 is 0 Å². The summed E-state index contributed by atoms with van der Waals surface area (Å²) in [6.07, 6.45) is 16.9. The quantitative estimate of drug-likeness (QED) is 0.0567. The average Bonchev–Trinajstić information content (AvgIpc) is 4.16. The topological polar surface area (TPSA) is 189 Å². The molecule has 4 amide bonds. The average molecular weight is 1020 g/mol. The second kappa shape index (κ2) is 19.9. The molecule has 2 saturated carbocycles. The van der Waals surface area contributed by atoms with Crippen LogP contribution in [0.5, 0.6) is 5.75 Å². The third kappa shape index (κ3) is 9.64. The number of piperidine rings is 2. The molecule has 2 bridgehead atoms. The van der Waals surface area contributed by atoms with Crippen molar-refractivity contribution in [3.63, 3.8) is 0 Å². The highest BCUT2D eigenvalue weighted by molar-refractivity contribution is 6.23. The number of phenols is 1. The normalized spacial score (nSPS) is 26.8. The number of terminal acetylenes is 1. The van der Waals surface area contributed by atoms with Gasteiger partial charge in [0, 0.05) is 129 Å². The molecule has 3 aromatic carbocycles. The number of carbonyl (C=O) groups is 4. The number of rotatable bonds is 12. The lowest BCUT2D eigenvalue weighted by Gasteiger charge is -2.41. The summed E-state index contributed by atoms with van der Waals surface area (Å²) >= 11 is 0. The number of pyridine rings is 1. The molecule has 5 saturated heterocycles. The highest BCUT2D eigenvalue weighted by Crippen LogP contribution is 2.48. The number of hydrogen-bond acceptors (Lipinski definition) is 13. The lowest BCUT2D eigenvalue weighted by Crippen LogP contribution is -2.56. The molecule has 4 aromatic rings. The van der Waals surface area contributed by atoms with Crippen LogP contribution < -0.4 is 21.3 Å². The van der Waals surface area contributed by atoms with E-state index >= 15 is 4.39 Å². The number of halogens is 1. The molecule has 2 aliphatic carbocycles. The lowest BCUT2D eigenvalue weighted by atomic mass is 9.69. The fraction of sp³-hybridized carbons (Fsp3) is 0.517. The van der Waals surface area contributed by atoms with Gasteiger partial charge in [0.2, 0.25) is 11.8 Å². The largest absolute Gasteiger partial charge is 0.508 e. The predicted molar refractivity (Wildman–Crippen MR) is 283 cm³/mol. The zero-order chi connectivity index (χ0) is 51.7. The molecule has 7 fully saturated rings. The van der Waals surface area contributed by atoms with Crippen LogP contribution in [-0.2, 0) is 14.3 Å². The number of aliphatic imine (C=N–C) groups is 1. The molecular weight excluding hydrogens is 952 g/mol. The Morgan fingerprint density at radius 2 is 1.64 bits per heavy atom. The molecule has 392 valence electrons. The summed E-state index contributed by atoms with van der Waals surface area (Å²) in [5.41, 5.74) is 9.81. The molecule has 5 N–H and O–H groups in total. The van der Waals surface area contributed by atoms with Crippen LogP contribution in [0.1, 0.15) is 109 Å². The van der Waals surface area contributed by atoms with Gasteiger partial charge in [-0.05, 0) is 124 Å². The number of fused-ring (bicyclic) bond motifs is 5. The second-order valence-electron chi connectivity index (χ2n) is 22.9. The van der Waals surface area contributed by atoms with Crippen molar-refractivity contribution in [2.45, 2.75) is 95.3 Å². The Balaban J connectivity index is 0.674. The number of phenolic OH excluding ortho intramolecular Hbond substituents is 1. The summed E-state index contributed by atoms with van der Waals surface area (Å²) in [4.78, 5) is 71.3. The molecule has 16 nitrogen and oxygen atoms in total. The number of anilines is 1. The molecular formula is C58H67FN10O6. The van der Waals surface area contributed by atoms with Crippen LogP contribution in [0.3, 0.4) is 0 Å². The van der Waals surface area contributed by atoms with Crippen molar-refractivity contribution in [2.75, 3.05) is 77.0 Å². The number of benzene rings is 3. The van der Waals surface area contributed by atoms with E-state index in [1.165, 1.54) is 18.9 Å². The van der Waals surface area contributed by atoms with Gasteiger partial charge in [-0.15, -0.1) is 6.42 Å². The fourth-order valence-corrected chi connectivity index (χ4v) is 13.6. The molecule has 8 aliphatic rings. The molecule has 0 radical (unpaired) electrons. The molecule has 6 unspecified atom stereocenters. The van der Waals surface area contributed by atoms with Gasteiger partial charge in [0.15, 0.2) is 5.82 Å². The Hall–Kier alpha value is -6.45. The molecule has 12 rings (SSSR count). The summed E-state index contributed by atoms with van der Waals surface area (Å²) in [5.74, 6) is 2.19. The van der Waals surface area contributed by atoms with Gasteiger partial charge in [0.1, 0.15) is 23.2 Å². The highest BCUT2D eigenvalue weighted by atomic mass is 19.1. The van der Waals surface area contributed by atoms with Crippen molar-refractivity contribution >= 4 is 51.8 Å². The van der Waals surface area contributed by atoms with Gasteiger partial charge in [-0.1, -0.05) is 18.1 Å². The monoisotopic (exact) mass is 1020 g/mol. The number of piperazine rings is 2. The van der Waals surface area contributed by atoms with E-state index in [4.69, 9.17) is 26.9 Å². The zero-order valence-corrected chi connectivity index (χ0v) is 42.7. The smallest absolute Gasteiger partial charge is 0.287 e. The Morgan fingerprint density at radius 3 is 2.33 bits per heavy atom. The predicted octanol–water partition coefficient (Wildman–Crippen LogP) is 5.93. The van der Waals surface area contributed by atoms with Crippen molar-refractivity contribution in [1.29, 1.82) is 0 Å². The standard InChI is InChI=1S/C58H67FN10O6/c1-3-36-5-4-6-39-25-43(70)27-46(50(36)39)52-51(59)53(47(28-61-52)34(2)68-30-40-23-37-7-8-38(37)24-41(31-68)62-40)64-57(60)75-33-58(15-16-58)32-66-21-19-65(20-22-66)29-35-13-17-67(18-14-35)42-9-10-44-45(26-42)56(74)69(55(44)73)48-11-12-49(71)63-54(48)72/h1,4-6,9-10,25-28,34-35,37-38,40-41,48,62,70H,7-8,11-24,29-33H2,2H3,(H2,60,61,64)(H,63,71,72). The SMILES string of the molecule is C#Cc1cccc2cc(O)cc(-c3ncc(C(C)N4CC5CC6CCC6CC(C4)N5)c(N=C(N)OCC4(CN5CCN(CC6CCN(c7ccc8c(c7)C(=O)N(C7CCC(=O)NC7=O)C8=O)CC6)CC5)CC4)c3F)c12. The maximum absolute atomic E-state index is 17.5. The highest BCUT2D eigenvalue weighted by Gasteiger charge is 2.47. The number of aromatic nitrogens is 1. The molecule has 1 aromatic heterocycles. The summed E-state index contributed by atoms with van der Waals surface area (Å²) in [5, 5.41) is 18.3. The molecule has 6 aliphatic heterocycles. The molecule has 7 heterocycles. The van der Waals surface area contributed by atoms with Crippen LogP contribution in [0.15, 0.2) is 59.7 Å². The van der Waals surface area contributed by atoms with Gasteiger partial charge in [-0.2, -0.15) is 4.99 Å². The van der Waals surface area contributed by atoms with E-state index < -0.39 is 35.5 Å². The van der Waals surface area contributed by atoms with Gasteiger partial charge in [0.05, 0.1) is 17.7 Å². The lowest BCUT2D eigenvalue weighted by molar-refractivity contribution is -0.136. The van der Waals surface area contributed by atoms with E-state index in [0.29, 0.717) is 63.2 Å². The van der Waals surface area contributed by atoms with Crippen LogP contribution in [0.25, 0.3) is 22.0 Å². The van der Waals surface area contributed by atoms with Crippen molar-refractivity contribution in [1.82, 2.24) is 35.2 Å². The van der Waals surface area contributed by atoms with E-state index in [9.17, 15) is 24.3 Å². The number of imide groups is 2. The third-order valence-electron chi connectivity index (χ3n) is 18.2. The number of nitrogens with one attached hydrogen (secondary N) is 2. The first-order chi connectivity index (χ1) is 36.3. The van der Waals surface area contributed by atoms with Crippen molar-refractivity contribution < 1.29 is 33.4 Å². The van der Waals surface area contributed by atoms with Crippen LogP contribution in [0, 0.1) is 41.3 Å². The van der Waals surface area contributed by atoms with Gasteiger partial charge in [-0.25, -0.2) is 4.39 Å². The molecule has 0 spiro atoms. The number of amidine groups is 1. The first-order valence-electron chi connectivity index (χ1n) is 27.2. The summed E-state index contributed by atoms with van der Waals surface area (Å²) < 4.78 is 23.8. The number of aromatic hydroxyl groups is 1. The number of amides is 4. The van der Waals surface area contributed by atoms with Gasteiger partial charge < -0.3 is 35.6 Å². The Morgan fingerprint density at radius 1 is 0.920 bits per heavy atom. The number of nitrogens with zero attached hydrogens (tertiary/aromatic N) is 7. The van der Waals surface area contributed by atoms with Crippen LogP contribution in [-0.4, -0.2) is 150 Å². The van der Waals surface area contributed by atoms with E-state index in [2.05, 4.69) is 43.1 Å². The number of hydrogen-bond donors (Lipinski definition) is 4. The van der Waals surface area contributed by atoms with E-state index in [1.54, 1.807) is 30.5 Å². The Bertz CT molecular complexity index is 3010. The van der Waals surface area contributed by atoms with Crippen molar-refractivity contribution in [3.05, 3.63) is 82.8 Å². The zero-order valence-electron chi connectivity index (χ0n) is 42.7. The number of carbonyl (C=O) groups excluding carboxylic acids is 4. The van der Waals surface area contributed by atoms with Gasteiger partial charge in [0.25, 0.3) is 17.8 Å². The minimum atomic E-state index is -0.983. The van der Waals surface area contributed by atoms with E-state index in [0.717, 1.165) is 126 Å². The first kappa shape index (κ1) is 49.4. The van der Waals surface area contributed by atoms with Crippen LogP contribution in [0.2, 0.25) is 0 Å². The van der Waals surface area contributed by atoms with Crippen molar-refractivity contribution in [3.8, 4) is 29.4 Å². The minimum Gasteiger partial charge on any atom is -0.508 e. The second-order valence-corrected chi connectivity index (χ2v) is 22.9. The fourth-order valence-electron chi connectivity index (χ4n) is 13.6. The molecule has 6 atom stereocenters. The number of ether oxygens (including phenoxy) is 1. The molecule has 17 heteroatoms. The van der Waals surface area contributed by atoms with Crippen molar-refractivity contribution in [2.24, 2.45) is 33.9 Å². The molecule has 75 heavy (non-hydrogen) atoms. The summed E-state index contributed by atoms with van der Waals surface area (Å²) in [6.45, 7) is 11.6. The van der Waals surface area contributed by atoms with Crippen LogP contribution in [0.4, 0.5) is 15.8 Å². The summed E-state index contributed by atoms with van der Waals surface area (Å²) in [7, 11) is 0. The Labute approximate surface area is 437 Å². The van der Waals surface area contributed by atoms with Gasteiger partial charge in [-0.3, -0.25) is 39.3 Å².